The summed E-state index contributed by atoms with van der Waals surface area (Å²) in [6.07, 6.45) is 3.38. The van der Waals surface area contributed by atoms with Crippen LogP contribution in [0.3, 0.4) is 0 Å². The van der Waals surface area contributed by atoms with Crippen molar-refractivity contribution in [3.05, 3.63) is 30.1 Å². The third-order valence-corrected chi connectivity index (χ3v) is 4.63. The highest BCUT2D eigenvalue weighted by Crippen LogP contribution is 2.03. The minimum absolute atomic E-state index is 0.0943. The lowest BCUT2D eigenvalue weighted by Gasteiger charge is -2.25. The summed E-state index contributed by atoms with van der Waals surface area (Å²) in [6, 6.07) is 3.71. The van der Waals surface area contributed by atoms with Gasteiger partial charge in [-0.3, -0.25) is 14.7 Å². The maximum atomic E-state index is 11.7. The summed E-state index contributed by atoms with van der Waals surface area (Å²) >= 11 is 0. The maximum Gasteiger partial charge on any atom is 0.234 e. The number of hydrogen-bond acceptors (Lipinski definition) is 5. The number of amides is 1. The molecule has 1 fully saturated rings. The SMILES string of the molecule is O=C(CN1CCS(=O)(=O)CC1)NCc1cccnc1. The van der Waals surface area contributed by atoms with Gasteiger partial charge in [0.15, 0.2) is 9.84 Å². The number of aromatic nitrogens is 1. The van der Waals surface area contributed by atoms with Gasteiger partial charge in [-0.15, -0.1) is 0 Å². The number of carbonyl (C=O) groups excluding carboxylic acids is 1. The molecule has 6 nitrogen and oxygen atoms in total. The average Bonchev–Trinajstić information content (AvgIpc) is 2.40. The van der Waals surface area contributed by atoms with Gasteiger partial charge in [0.05, 0.1) is 18.1 Å². The smallest absolute Gasteiger partial charge is 0.234 e. The first-order valence-corrected chi connectivity index (χ1v) is 7.96. The van der Waals surface area contributed by atoms with Crippen LogP contribution in [0.1, 0.15) is 5.56 Å². The molecule has 0 radical (unpaired) electrons. The van der Waals surface area contributed by atoms with Crippen molar-refractivity contribution in [3.8, 4) is 0 Å². The lowest BCUT2D eigenvalue weighted by Crippen LogP contribution is -2.45. The Kier molecular flexibility index (Phi) is 4.49. The molecule has 0 aromatic carbocycles. The van der Waals surface area contributed by atoms with Crippen molar-refractivity contribution in [2.45, 2.75) is 6.54 Å². The third-order valence-electron chi connectivity index (χ3n) is 3.02. The molecule has 7 heteroatoms. The fraction of sp³-hybridized carbons (Fsp3) is 0.500. The van der Waals surface area contributed by atoms with Crippen LogP contribution >= 0.6 is 0 Å². The second-order valence-corrected chi connectivity index (χ2v) is 6.87. The van der Waals surface area contributed by atoms with Gasteiger partial charge >= 0.3 is 0 Å². The number of sulfone groups is 1. The Morgan fingerprint density at radius 1 is 1.37 bits per heavy atom. The standard InChI is InChI=1S/C12H17N3O3S/c16-12(14-9-11-2-1-3-13-8-11)10-15-4-6-19(17,18)7-5-15/h1-3,8H,4-7,9-10H2,(H,14,16). The molecule has 19 heavy (non-hydrogen) atoms. The first-order chi connectivity index (χ1) is 9.05. The zero-order chi connectivity index (χ0) is 13.7. The summed E-state index contributed by atoms with van der Waals surface area (Å²) in [5, 5.41) is 2.80. The number of nitrogens with zero attached hydrogens (tertiary/aromatic N) is 2. The van der Waals surface area contributed by atoms with E-state index in [0.717, 1.165) is 5.56 Å². The van der Waals surface area contributed by atoms with Crippen molar-refractivity contribution in [3.63, 3.8) is 0 Å². The van der Waals surface area contributed by atoms with E-state index in [0.29, 0.717) is 19.6 Å². The third kappa shape index (κ3) is 4.60. The lowest BCUT2D eigenvalue weighted by atomic mass is 10.3. The van der Waals surface area contributed by atoms with Crippen LogP contribution in [0, 0.1) is 0 Å². The molecule has 0 aliphatic carbocycles. The molecule has 0 unspecified atom stereocenters. The van der Waals surface area contributed by atoms with Gasteiger partial charge in [0.1, 0.15) is 0 Å². The highest BCUT2D eigenvalue weighted by molar-refractivity contribution is 7.91. The minimum atomic E-state index is -2.89. The highest BCUT2D eigenvalue weighted by Gasteiger charge is 2.22. The Balaban J connectivity index is 1.73. The molecule has 2 heterocycles. The normalized spacial score (nSPS) is 18.9. The van der Waals surface area contributed by atoms with Gasteiger partial charge in [-0.25, -0.2) is 8.42 Å². The lowest BCUT2D eigenvalue weighted by molar-refractivity contribution is -0.122. The van der Waals surface area contributed by atoms with Crippen LogP contribution < -0.4 is 5.32 Å². The van der Waals surface area contributed by atoms with E-state index in [4.69, 9.17) is 0 Å². The van der Waals surface area contributed by atoms with Crippen LogP contribution in [0.15, 0.2) is 24.5 Å². The first kappa shape index (κ1) is 14.0. The quantitative estimate of drug-likeness (QED) is 0.800. The number of rotatable bonds is 4. The van der Waals surface area contributed by atoms with Crippen LogP contribution in [-0.2, 0) is 21.2 Å². The monoisotopic (exact) mass is 283 g/mol. The van der Waals surface area contributed by atoms with Crippen molar-refractivity contribution in [2.75, 3.05) is 31.1 Å². The second-order valence-electron chi connectivity index (χ2n) is 4.57. The molecule has 1 saturated heterocycles. The summed E-state index contributed by atoms with van der Waals surface area (Å²) in [5.41, 5.74) is 0.942. The molecular formula is C12H17N3O3S. The summed E-state index contributed by atoms with van der Waals surface area (Å²) in [7, 11) is -2.89. The van der Waals surface area contributed by atoms with Gasteiger partial charge in [0.25, 0.3) is 0 Å². The van der Waals surface area contributed by atoms with Crippen LogP contribution in [0.4, 0.5) is 0 Å². The van der Waals surface area contributed by atoms with Gasteiger partial charge in [0, 0.05) is 32.0 Å². The number of carbonyl (C=O) groups is 1. The van der Waals surface area contributed by atoms with E-state index >= 15 is 0 Å². The van der Waals surface area contributed by atoms with E-state index < -0.39 is 9.84 Å². The van der Waals surface area contributed by atoms with Gasteiger partial charge < -0.3 is 5.32 Å². The molecule has 0 saturated carbocycles. The molecule has 1 N–H and O–H groups in total. The van der Waals surface area contributed by atoms with Crippen molar-refractivity contribution >= 4 is 15.7 Å². The Labute approximate surface area is 112 Å². The van der Waals surface area contributed by atoms with E-state index in [9.17, 15) is 13.2 Å². The molecule has 1 amide bonds. The van der Waals surface area contributed by atoms with Crippen molar-refractivity contribution in [1.82, 2.24) is 15.2 Å². The molecule has 104 valence electrons. The molecular weight excluding hydrogens is 266 g/mol. The van der Waals surface area contributed by atoms with Crippen LogP contribution in [-0.4, -0.2) is 55.3 Å². The molecule has 0 spiro atoms. The first-order valence-electron chi connectivity index (χ1n) is 6.13. The fourth-order valence-electron chi connectivity index (χ4n) is 1.87. The predicted molar refractivity (Wildman–Crippen MR) is 71.2 cm³/mol. The summed E-state index contributed by atoms with van der Waals surface area (Å²) in [5.74, 6) is 0.189. The second kappa shape index (κ2) is 6.12. The summed E-state index contributed by atoms with van der Waals surface area (Å²) in [4.78, 5) is 17.5. The van der Waals surface area contributed by atoms with E-state index in [1.165, 1.54) is 0 Å². The number of nitrogens with one attached hydrogen (secondary N) is 1. The van der Waals surface area contributed by atoms with Crippen molar-refractivity contribution < 1.29 is 13.2 Å². The topological polar surface area (TPSA) is 79.4 Å². The van der Waals surface area contributed by atoms with Gasteiger partial charge in [-0.05, 0) is 11.6 Å². The Morgan fingerprint density at radius 2 is 2.11 bits per heavy atom. The van der Waals surface area contributed by atoms with Crippen molar-refractivity contribution in [1.29, 1.82) is 0 Å². The van der Waals surface area contributed by atoms with E-state index in [-0.39, 0.29) is 24.0 Å². The molecule has 1 aromatic rings. The zero-order valence-corrected chi connectivity index (χ0v) is 11.4. The maximum absolute atomic E-state index is 11.7. The molecule has 2 rings (SSSR count). The largest absolute Gasteiger partial charge is 0.351 e. The van der Waals surface area contributed by atoms with E-state index in [1.807, 2.05) is 17.0 Å². The number of hydrogen-bond donors (Lipinski definition) is 1. The van der Waals surface area contributed by atoms with Crippen LogP contribution in [0.25, 0.3) is 0 Å². The Bertz CT molecular complexity index is 516. The van der Waals surface area contributed by atoms with Crippen LogP contribution in [0.5, 0.6) is 0 Å². The zero-order valence-electron chi connectivity index (χ0n) is 10.6. The summed E-state index contributed by atoms with van der Waals surface area (Å²) < 4.78 is 22.5. The molecule has 1 aliphatic heterocycles. The van der Waals surface area contributed by atoms with Gasteiger partial charge in [-0.2, -0.15) is 0 Å². The molecule has 0 bridgehead atoms. The Morgan fingerprint density at radius 3 is 2.74 bits per heavy atom. The van der Waals surface area contributed by atoms with E-state index in [1.54, 1.807) is 12.4 Å². The number of pyridine rings is 1. The van der Waals surface area contributed by atoms with Gasteiger partial charge in [0.2, 0.25) is 5.91 Å². The van der Waals surface area contributed by atoms with E-state index in [2.05, 4.69) is 10.3 Å². The van der Waals surface area contributed by atoms with Crippen molar-refractivity contribution in [2.24, 2.45) is 0 Å². The predicted octanol–water partition coefficient (Wildman–Crippen LogP) is -0.572. The van der Waals surface area contributed by atoms with Crippen LogP contribution in [0.2, 0.25) is 0 Å². The Hall–Kier alpha value is -1.47. The summed E-state index contributed by atoms with van der Waals surface area (Å²) in [6.45, 7) is 1.56. The average molecular weight is 283 g/mol. The minimum Gasteiger partial charge on any atom is -0.351 e. The van der Waals surface area contributed by atoms with Gasteiger partial charge in [-0.1, -0.05) is 6.07 Å². The molecule has 0 atom stereocenters. The molecule has 1 aliphatic rings. The molecule has 1 aromatic heterocycles. The fourth-order valence-corrected chi connectivity index (χ4v) is 3.15. The highest BCUT2D eigenvalue weighted by atomic mass is 32.2.